The first-order valence-electron chi connectivity index (χ1n) is 7.64. The number of nitrogens with zero attached hydrogens (tertiary/aromatic N) is 1. The Hall–Kier alpha value is -2.97. The summed E-state index contributed by atoms with van der Waals surface area (Å²) in [6, 6.07) is 11.6. The minimum Gasteiger partial charge on any atom is -0.482 e. The highest BCUT2D eigenvalue weighted by Gasteiger charge is 2.15. The molecule has 0 saturated carbocycles. The number of rotatable bonds is 6. The van der Waals surface area contributed by atoms with E-state index in [1.165, 1.54) is 41.7 Å². The van der Waals surface area contributed by atoms with Crippen LogP contribution in [0, 0.1) is 15.9 Å². The highest BCUT2D eigenvalue weighted by molar-refractivity contribution is 7.12. The Morgan fingerprint density at radius 1 is 1.26 bits per heavy atom. The molecule has 6 nitrogen and oxygen atoms in total. The average molecular weight is 407 g/mol. The quantitative estimate of drug-likeness (QED) is 0.446. The molecule has 2 aromatic carbocycles. The maximum absolute atomic E-state index is 13.2. The van der Waals surface area contributed by atoms with Crippen molar-refractivity contribution < 1.29 is 18.8 Å². The summed E-state index contributed by atoms with van der Waals surface area (Å²) < 4.78 is 18.7. The van der Waals surface area contributed by atoms with Gasteiger partial charge < -0.3 is 10.1 Å². The van der Waals surface area contributed by atoms with Crippen molar-refractivity contribution in [3.05, 3.63) is 85.3 Å². The lowest BCUT2D eigenvalue weighted by Crippen LogP contribution is -2.10. The molecule has 0 atom stereocenters. The van der Waals surface area contributed by atoms with Crippen molar-refractivity contribution in [2.45, 2.75) is 6.61 Å². The number of hydrogen-bond acceptors (Lipinski definition) is 5. The molecule has 0 radical (unpaired) electrons. The van der Waals surface area contributed by atoms with Gasteiger partial charge in [0.1, 0.15) is 12.4 Å². The van der Waals surface area contributed by atoms with Crippen LogP contribution in [0.4, 0.5) is 15.8 Å². The van der Waals surface area contributed by atoms with E-state index in [0.29, 0.717) is 16.1 Å². The Kier molecular flexibility index (Phi) is 5.68. The molecule has 1 heterocycles. The van der Waals surface area contributed by atoms with Gasteiger partial charge in [-0.2, -0.15) is 0 Å². The summed E-state index contributed by atoms with van der Waals surface area (Å²) in [6.45, 7) is 0.0804. The molecule has 1 N–H and O–H groups in total. The van der Waals surface area contributed by atoms with Gasteiger partial charge in [0.05, 0.1) is 14.8 Å². The van der Waals surface area contributed by atoms with Crippen LogP contribution in [0.2, 0.25) is 5.02 Å². The molecule has 0 saturated heterocycles. The normalized spacial score (nSPS) is 10.4. The van der Waals surface area contributed by atoms with Crippen molar-refractivity contribution >= 4 is 40.2 Å². The number of nitrogens with one attached hydrogen (secondary N) is 1. The summed E-state index contributed by atoms with van der Waals surface area (Å²) in [5.74, 6) is -0.791. The average Bonchev–Trinajstić information content (AvgIpc) is 3.12. The van der Waals surface area contributed by atoms with E-state index in [0.717, 1.165) is 0 Å². The first kappa shape index (κ1) is 18.8. The number of benzene rings is 2. The highest BCUT2D eigenvalue weighted by Crippen LogP contribution is 2.27. The number of carbonyl (C=O) groups is 1. The van der Waals surface area contributed by atoms with Crippen molar-refractivity contribution in [2.24, 2.45) is 0 Å². The molecule has 1 amide bonds. The van der Waals surface area contributed by atoms with Crippen molar-refractivity contribution in [2.75, 3.05) is 5.32 Å². The molecule has 9 heteroatoms. The smallest absolute Gasteiger partial charge is 0.310 e. The number of thiophene rings is 1. The molecule has 0 unspecified atom stereocenters. The zero-order valence-corrected chi connectivity index (χ0v) is 15.2. The molecular weight excluding hydrogens is 395 g/mol. The van der Waals surface area contributed by atoms with Gasteiger partial charge in [-0.25, -0.2) is 4.39 Å². The minimum absolute atomic E-state index is 0.0804. The SMILES string of the molecule is O=C(Nc1ccc(F)c(Cl)c1)c1cc(COc2ccccc2[N+](=O)[O-])cs1. The molecule has 138 valence electrons. The van der Waals surface area contributed by atoms with Crippen LogP contribution in [0.25, 0.3) is 0 Å². The van der Waals surface area contributed by atoms with E-state index in [4.69, 9.17) is 16.3 Å². The van der Waals surface area contributed by atoms with Crippen molar-refractivity contribution in [3.8, 4) is 5.75 Å². The van der Waals surface area contributed by atoms with Crippen LogP contribution in [0.1, 0.15) is 15.2 Å². The largest absolute Gasteiger partial charge is 0.482 e. The number of ether oxygens (including phenoxy) is 1. The summed E-state index contributed by atoms with van der Waals surface area (Å²) in [5.41, 5.74) is 0.942. The van der Waals surface area contributed by atoms with E-state index >= 15 is 0 Å². The number of carbonyl (C=O) groups excluding carboxylic acids is 1. The summed E-state index contributed by atoms with van der Waals surface area (Å²) in [7, 11) is 0. The second-order valence-corrected chi connectivity index (χ2v) is 6.73. The summed E-state index contributed by atoms with van der Waals surface area (Å²) in [6.07, 6.45) is 0. The summed E-state index contributed by atoms with van der Waals surface area (Å²) in [5, 5.41) is 15.3. The number of halogens is 2. The van der Waals surface area contributed by atoms with Crippen LogP contribution in [0.15, 0.2) is 53.9 Å². The van der Waals surface area contributed by atoms with E-state index in [2.05, 4.69) is 5.32 Å². The van der Waals surface area contributed by atoms with Crippen molar-refractivity contribution in [3.63, 3.8) is 0 Å². The number of amides is 1. The summed E-state index contributed by atoms with van der Waals surface area (Å²) in [4.78, 5) is 23.2. The van der Waals surface area contributed by atoms with Crippen LogP contribution in [-0.2, 0) is 6.61 Å². The van der Waals surface area contributed by atoms with Crippen LogP contribution in [0.3, 0.4) is 0 Å². The standard InChI is InChI=1S/C18H12ClFN2O4S/c19-13-8-12(5-6-14(13)20)21-18(23)17-7-11(10-27-17)9-26-16-4-2-1-3-15(16)22(24)25/h1-8,10H,9H2,(H,21,23). The Bertz CT molecular complexity index is 1010. The van der Waals surface area contributed by atoms with Crippen LogP contribution < -0.4 is 10.1 Å². The van der Waals surface area contributed by atoms with Crippen LogP contribution >= 0.6 is 22.9 Å². The van der Waals surface area contributed by atoms with Gasteiger partial charge in [-0.1, -0.05) is 23.7 Å². The van der Waals surface area contributed by atoms with Crippen LogP contribution in [0.5, 0.6) is 5.75 Å². The maximum atomic E-state index is 13.2. The van der Waals surface area contributed by atoms with E-state index in [1.54, 1.807) is 23.6 Å². The third kappa shape index (κ3) is 4.60. The molecule has 0 spiro atoms. The van der Waals surface area contributed by atoms with Gasteiger partial charge in [0.2, 0.25) is 0 Å². The Morgan fingerprint density at radius 2 is 2.04 bits per heavy atom. The first-order chi connectivity index (χ1) is 12.9. The number of hydrogen-bond donors (Lipinski definition) is 1. The third-order valence-corrected chi connectivity index (χ3v) is 4.78. The van der Waals surface area contributed by atoms with Crippen LogP contribution in [-0.4, -0.2) is 10.8 Å². The van der Waals surface area contributed by atoms with Gasteiger partial charge >= 0.3 is 5.69 Å². The minimum atomic E-state index is -0.569. The van der Waals surface area contributed by atoms with Gasteiger partial charge in [0, 0.05) is 17.3 Å². The molecule has 3 rings (SSSR count). The molecule has 0 aliphatic carbocycles. The molecule has 0 aliphatic heterocycles. The Labute approximate surface area is 162 Å². The lowest BCUT2D eigenvalue weighted by atomic mass is 10.2. The van der Waals surface area contributed by atoms with E-state index < -0.39 is 10.7 Å². The molecule has 0 aliphatic rings. The van der Waals surface area contributed by atoms with E-state index in [1.807, 2.05) is 0 Å². The van der Waals surface area contributed by atoms with Gasteiger partial charge in [-0.3, -0.25) is 14.9 Å². The molecule has 0 bridgehead atoms. The fourth-order valence-corrected chi connectivity index (χ4v) is 3.20. The zero-order chi connectivity index (χ0) is 19.4. The lowest BCUT2D eigenvalue weighted by molar-refractivity contribution is -0.385. The topological polar surface area (TPSA) is 81.5 Å². The maximum Gasteiger partial charge on any atom is 0.310 e. The number of para-hydroxylation sites is 2. The third-order valence-electron chi connectivity index (χ3n) is 3.51. The van der Waals surface area contributed by atoms with Crippen molar-refractivity contribution in [1.29, 1.82) is 0 Å². The number of anilines is 1. The molecule has 3 aromatic rings. The van der Waals surface area contributed by atoms with Crippen molar-refractivity contribution in [1.82, 2.24) is 0 Å². The lowest BCUT2D eigenvalue weighted by Gasteiger charge is -2.05. The highest BCUT2D eigenvalue weighted by atomic mass is 35.5. The predicted molar refractivity (Wildman–Crippen MR) is 101 cm³/mol. The van der Waals surface area contributed by atoms with E-state index in [-0.39, 0.29) is 29.0 Å². The molecule has 27 heavy (non-hydrogen) atoms. The van der Waals surface area contributed by atoms with Gasteiger partial charge in [-0.05, 0) is 35.7 Å². The fraction of sp³-hybridized carbons (Fsp3) is 0.0556. The first-order valence-corrected chi connectivity index (χ1v) is 8.90. The summed E-state index contributed by atoms with van der Waals surface area (Å²) >= 11 is 6.89. The number of nitro groups is 1. The predicted octanol–water partition coefficient (Wildman–Crippen LogP) is 5.28. The Morgan fingerprint density at radius 3 is 2.78 bits per heavy atom. The van der Waals surface area contributed by atoms with Gasteiger partial charge in [0.15, 0.2) is 5.75 Å². The van der Waals surface area contributed by atoms with E-state index in [9.17, 15) is 19.3 Å². The monoisotopic (exact) mass is 406 g/mol. The fourth-order valence-electron chi connectivity index (χ4n) is 2.23. The zero-order valence-electron chi connectivity index (χ0n) is 13.6. The van der Waals surface area contributed by atoms with Gasteiger partial charge in [-0.15, -0.1) is 11.3 Å². The van der Waals surface area contributed by atoms with Gasteiger partial charge in [0.25, 0.3) is 5.91 Å². The molecule has 1 aromatic heterocycles. The second kappa shape index (κ2) is 8.15. The Balaban J connectivity index is 1.65. The second-order valence-electron chi connectivity index (χ2n) is 5.42. The molecular formula is C18H12ClFN2O4S. The molecule has 0 fully saturated rings. The number of nitro benzene ring substituents is 1.